The van der Waals surface area contributed by atoms with Gasteiger partial charge in [0.05, 0.1) is 0 Å². The van der Waals surface area contributed by atoms with E-state index in [1.807, 2.05) is 0 Å². The first-order valence-electron chi connectivity index (χ1n) is 5.97. The number of nitrogens with zero attached hydrogens (tertiary/aromatic N) is 1. The van der Waals surface area contributed by atoms with Crippen LogP contribution in [0.4, 0.5) is 16.0 Å². The van der Waals surface area contributed by atoms with Crippen molar-refractivity contribution in [1.82, 2.24) is 4.98 Å². The lowest BCUT2D eigenvalue weighted by molar-refractivity contribution is 0.570. The third kappa shape index (κ3) is 3.43. The summed E-state index contributed by atoms with van der Waals surface area (Å²) in [5, 5.41) is 2.95. The van der Waals surface area contributed by atoms with Gasteiger partial charge in [0.2, 0.25) is 0 Å². The molecule has 2 N–H and O–H groups in total. The van der Waals surface area contributed by atoms with Gasteiger partial charge < -0.3 is 5.32 Å². The fraction of sp³-hybridized carbons (Fsp3) is 0.154. The number of aromatic nitrogens is 1. The van der Waals surface area contributed by atoms with E-state index in [9.17, 15) is 12.8 Å². The van der Waals surface area contributed by atoms with Crippen LogP contribution >= 0.6 is 11.6 Å². The number of benzene rings is 1. The Bertz CT molecular complexity index is 781. The van der Waals surface area contributed by atoms with Gasteiger partial charge in [0.15, 0.2) is 0 Å². The molecule has 0 radical (unpaired) electrons. The largest absolute Gasteiger partial charge is 0.373 e. The first-order chi connectivity index (χ1) is 9.83. The summed E-state index contributed by atoms with van der Waals surface area (Å²) in [5.74, 6) is -0.334. The van der Waals surface area contributed by atoms with E-state index in [2.05, 4.69) is 15.0 Å². The van der Waals surface area contributed by atoms with Crippen LogP contribution in [0.15, 0.2) is 35.2 Å². The Hall–Kier alpha value is -1.86. The third-order valence-electron chi connectivity index (χ3n) is 2.75. The van der Waals surface area contributed by atoms with E-state index in [1.165, 1.54) is 12.1 Å². The Kier molecular flexibility index (Phi) is 4.34. The molecule has 112 valence electrons. The number of anilines is 2. The first kappa shape index (κ1) is 15.5. The molecule has 5 nitrogen and oxygen atoms in total. The van der Waals surface area contributed by atoms with Crippen LogP contribution in [0.25, 0.3) is 0 Å². The average molecular weight is 330 g/mol. The molecule has 0 aliphatic rings. The van der Waals surface area contributed by atoms with Gasteiger partial charge in [0, 0.05) is 12.1 Å². The SMILES string of the molecule is CNc1cccc(NS(=O)(=O)c2cc(C)c(Cl)cc2F)n1. The maximum Gasteiger partial charge on any atom is 0.265 e. The molecule has 0 aliphatic carbocycles. The fourth-order valence-corrected chi connectivity index (χ4v) is 2.96. The molecule has 1 aromatic heterocycles. The Morgan fingerprint density at radius 3 is 2.57 bits per heavy atom. The van der Waals surface area contributed by atoms with Crippen LogP contribution in [0, 0.1) is 12.7 Å². The van der Waals surface area contributed by atoms with E-state index < -0.39 is 20.7 Å². The lowest BCUT2D eigenvalue weighted by Gasteiger charge is -2.10. The predicted octanol–water partition coefficient (Wildman–Crippen LogP) is 3.03. The quantitative estimate of drug-likeness (QED) is 0.904. The van der Waals surface area contributed by atoms with Gasteiger partial charge in [-0.15, -0.1) is 0 Å². The number of halogens is 2. The monoisotopic (exact) mass is 329 g/mol. The Morgan fingerprint density at radius 2 is 1.90 bits per heavy atom. The van der Waals surface area contributed by atoms with Gasteiger partial charge in [-0.05, 0) is 36.8 Å². The van der Waals surface area contributed by atoms with Crippen LogP contribution < -0.4 is 10.0 Å². The summed E-state index contributed by atoms with van der Waals surface area (Å²) in [4.78, 5) is 3.55. The highest BCUT2D eigenvalue weighted by atomic mass is 35.5. The van der Waals surface area contributed by atoms with Crippen molar-refractivity contribution in [3.05, 3.63) is 46.7 Å². The normalized spacial score (nSPS) is 11.2. The van der Waals surface area contributed by atoms with Crippen molar-refractivity contribution in [2.45, 2.75) is 11.8 Å². The van der Waals surface area contributed by atoms with Crippen molar-refractivity contribution in [3.63, 3.8) is 0 Å². The fourth-order valence-electron chi connectivity index (χ4n) is 1.66. The maximum absolute atomic E-state index is 13.8. The number of sulfonamides is 1. The van der Waals surface area contributed by atoms with Crippen molar-refractivity contribution >= 4 is 33.3 Å². The van der Waals surface area contributed by atoms with Crippen LogP contribution in [-0.2, 0) is 10.0 Å². The second-order valence-electron chi connectivity index (χ2n) is 4.30. The van der Waals surface area contributed by atoms with Crippen molar-refractivity contribution in [3.8, 4) is 0 Å². The van der Waals surface area contributed by atoms with Gasteiger partial charge in [0.25, 0.3) is 10.0 Å². The van der Waals surface area contributed by atoms with Gasteiger partial charge >= 0.3 is 0 Å². The second kappa shape index (κ2) is 5.87. The zero-order chi connectivity index (χ0) is 15.6. The number of aryl methyl sites for hydroxylation is 1. The van der Waals surface area contributed by atoms with Crippen molar-refractivity contribution in [2.24, 2.45) is 0 Å². The van der Waals surface area contributed by atoms with Crippen LogP contribution in [0.1, 0.15) is 5.56 Å². The van der Waals surface area contributed by atoms with Gasteiger partial charge in [-0.25, -0.2) is 17.8 Å². The van der Waals surface area contributed by atoms with Gasteiger partial charge in [-0.2, -0.15) is 0 Å². The van der Waals surface area contributed by atoms with E-state index in [-0.39, 0.29) is 10.8 Å². The van der Waals surface area contributed by atoms with Crippen molar-refractivity contribution in [2.75, 3.05) is 17.1 Å². The molecule has 0 spiro atoms. The minimum atomic E-state index is -4.08. The molecule has 0 fully saturated rings. The summed E-state index contributed by atoms with van der Waals surface area (Å²) >= 11 is 5.76. The standard InChI is InChI=1S/C13H13ClFN3O2S/c1-8-6-11(10(15)7-9(8)14)21(19,20)18-13-5-3-4-12(16-2)17-13/h3-7H,1-2H3,(H2,16,17,18). The minimum absolute atomic E-state index is 0.0915. The molecule has 0 unspecified atom stereocenters. The van der Waals surface area contributed by atoms with E-state index in [4.69, 9.17) is 11.6 Å². The zero-order valence-corrected chi connectivity index (χ0v) is 12.9. The van der Waals surface area contributed by atoms with Crippen LogP contribution in [-0.4, -0.2) is 20.4 Å². The smallest absolute Gasteiger partial charge is 0.265 e. The molecule has 2 rings (SSSR count). The number of nitrogens with one attached hydrogen (secondary N) is 2. The first-order valence-corrected chi connectivity index (χ1v) is 7.83. The van der Waals surface area contributed by atoms with Gasteiger partial charge in [-0.1, -0.05) is 17.7 Å². The van der Waals surface area contributed by atoms with Crippen LogP contribution in [0.5, 0.6) is 0 Å². The summed E-state index contributed by atoms with van der Waals surface area (Å²) in [6, 6.07) is 6.93. The van der Waals surface area contributed by atoms with E-state index >= 15 is 0 Å². The average Bonchev–Trinajstić information content (AvgIpc) is 2.42. The van der Waals surface area contributed by atoms with Crippen molar-refractivity contribution < 1.29 is 12.8 Å². The Balaban J connectivity index is 2.40. The highest BCUT2D eigenvalue weighted by Crippen LogP contribution is 2.24. The summed E-state index contributed by atoms with van der Waals surface area (Å²) in [6.45, 7) is 1.60. The van der Waals surface area contributed by atoms with Gasteiger partial charge in [-0.3, -0.25) is 4.72 Å². The number of pyridine rings is 1. The highest BCUT2D eigenvalue weighted by Gasteiger charge is 2.21. The zero-order valence-electron chi connectivity index (χ0n) is 11.3. The predicted molar refractivity (Wildman–Crippen MR) is 80.7 cm³/mol. The van der Waals surface area contributed by atoms with Crippen LogP contribution in [0.3, 0.4) is 0 Å². The molecule has 0 saturated heterocycles. The summed E-state index contributed by atoms with van der Waals surface area (Å²) < 4.78 is 40.5. The van der Waals surface area contributed by atoms with E-state index in [1.54, 1.807) is 26.1 Å². The van der Waals surface area contributed by atoms with Gasteiger partial charge in [0.1, 0.15) is 22.3 Å². The van der Waals surface area contributed by atoms with Crippen molar-refractivity contribution in [1.29, 1.82) is 0 Å². The van der Waals surface area contributed by atoms with Crippen LogP contribution in [0.2, 0.25) is 5.02 Å². The lowest BCUT2D eigenvalue weighted by Crippen LogP contribution is -2.16. The second-order valence-corrected chi connectivity index (χ2v) is 6.35. The molecule has 0 bridgehead atoms. The molecule has 8 heteroatoms. The molecule has 21 heavy (non-hydrogen) atoms. The minimum Gasteiger partial charge on any atom is -0.373 e. The van der Waals surface area contributed by atoms with E-state index in [0.29, 0.717) is 11.4 Å². The Labute approximate surface area is 127 Å². The summed E-state index contributed by atoms with van der Waals surface area (Å²) in [7, 11) is -2.43. The number of hydrogen-bond donors (Lipinski definition) is 2. The molecule has 0 atom stereocenters. The number of rotatable bonds is 4. The molecular formula is C13H13ClFN3O2S. The molecule has 0 saturated carbocycles. The molecule has 0 aliphatic heterocycles. The molecule has 0 amide bonds. The number of hydrogen-bond acceptors (Lipinski definition) is 4. The third-order valence-corrected chi connectivity index (χ3v) is 4.52. The topological polar surface area (TPSA) is 71.1 Å². The highest BCUT2D eigenvalue weighted by molar-refractivity contribution is 7.92. The lowest BCUT2D eigenvalue weighted by atomic mass is 10.2. The molecular weight excluding hydrogens is 317 g/mol. The molecule has 1 aromatic carbocycles. The Morgan fingerprint density at radius 1 is 1.24 bits per heavy atom. The summed E-state index contributed by atoms with van der Waals surface area (Å²) in [5.41, 5.74) is 0.468. The summed E-state index contributed by atoms with van der Waals surface area (Å²) in [6.07, 6.45) is 0. The molecule has 2 aromatic rings. The maximum atomic E-state index is 13.8. The molecule has 1 heterocycles. The van der Waals surface area contributed by atoms with E-state index in [0.717, 1.165) is 6.07 Å².